The number of carbonyl (C=O) groups excluding carboxylic acids is 1. The van der Waals surface area contributed by atoms with Gasteiger partial charge in [0, 0.05) is 21.7 Å². The molecule has 1 amide bonds. The molecule has 0 spiro atoms. The van der Waals surface area contributed by atoms with Crippen molar-refractivity contribution in [2.45, 2.75) is 25.7 Å². The summed E-state index contributed by atoms with van der Waals surface area (Å²) in [6.45, 7) is 3.99. The van der Waals surface area contributed by atoms with E-state index in [0.717, 1.165) is 31.5 Å². The van der Waals surface area contributed by atoms with Crippen LogP contribution < -0.4 is 10.6 Å². The number of nitrogens with one attached hydrogen (secondary N) is 2. The van der Waals surface area contributed by atoms with Crippen LogP contribution in [0, 0.1) is 6.92 Å². The van der Waals surface area contributed by atoms with Gasteiger partial charge in [0.2, 0.25) is 0 Å². The summed E-state index contributed by atoms with van der Waals surface area (Å²) in [5.74, 6) is 0.410. The van der Waals surface area contributed by atoms with E-state index in [1.54, 1.807) is 29.5 Å². The lowest BCUT2D eigenvalue weighted by molar-refractivity contribution is 0.102. The standard InChI is InChI=1S/C16H18ClN3OS/c1-10-8-12(2-3-13(10)17)15(21)20-16-19-9-14(22-16)11-4-6-18-7-5-11/h2-3,8-9,11,18H,4-7H2,1H3,(H,19,20,21). The summed E-state index contributed by atoms with van der Waals surface area (Å²) in [6, 6.07) is 5.26. The van der Waals surface area contributed by atoms with Crippen LogP contribution in [-0.2, 0) is 0 Å². The number of thiazole rings is 1. The molecule has 6 heteroatoms. The van der Waals surface area contributed by atoms with Gasteiger partial charge in [0.1, 0.15) is 0 Å². The van der Waals surface area contributed by atoms with Gasteiger partial charge in [-0.3, -0.25) is 10.1 Å². The first kappa shape index (κ1) is 15.5. The maximum absolute atomic E-state index is 12.3. The van der Waals surface area contributed by atoms with E-state index in [1.807, 2.05) is 13.1 Å². The number of halogens is 1. The smallest absolute Gasteiger partial charge is 0.257 e. The third-order valence-electron chi connectivity index (χ3n) is 3.91. The molecule has 0 saturated carbocycles. The van der Waals surface area contributed by atoms with Crippen LogP contribution in [0.5, 0.6) is 0 Å². The van der Waals surface area contributed by atoms with Crippen molar-refractivity contribution in [3.05, 3.63) is 45.4 Å². The number of hydrogen-bond donors (Lipinski definition) is 2. The molecule has 1 aromatic carbocycles. The lowest BCUT2D eigenvalue weighted by Gasteiger charge is -2.20. The highest BCUT2D eigenvalue weighted by Crippen LogP contribution is 2.31. The van der Waals surface area contributed by atoms with Crippen LogP contribution in [0.25, 0.3) is 0 Å². The van der Waals surface area contributed by atoms with E-state index in [9.17, 15) is 4.79 Å². The second kappa shape index (κ2) is 6.77. The van der Waals surface area contributed by atoms with Crippen LogP contribution in [0.1, 0.15) is 39.6 Å². The molecule has 0 bridgehead atoms. The second-order valence-corrected chi connectivity index (χ2v) is 6.98. The molecule has 4 nitrogen and oxygen atoms in total. The van der Waals surface area contributed by atoms with Crippen LogP contribution in [0.15, 0.2) is 24.4 Å². The molecule has 2 N–H and O–H groups in total. The molecule has 0 radical (unpaired) electrons. The zero-order valence-corrected chi connectivity index (χ0v) is 13.9. The minimum atomic E-state index is -0.147. The van der Waals surface area contributed by atoms with Gasteiger partial charge in [-0.2, -0.15) is 0 Å². The van der Waals surface area contributed by atoms with Crippen LogP contribution in [0.3, 0.4) is 0 Å². The van der Waals surface area contributed by atoms with Crippen molar-refractivity contribution in [3.8, 4) is 0 Å². The summed E-state index contributed by atoms with van der Waals surface area (Å²) in [6.07, 6.45) is 4.15. The molecule has 0 atom stereocenters. The Kier molecular flexibility index (Phi) is 4.76. The third kappa shape index (κ3) is 3.48. The van der Waals surface area contributed by atoms with Gasteiger partial charge in [-0.25, -0.2) is 4.98 Å². The Balaban J connectivity index is 1.68. The Hall–Kier alpha value is -1.43. The summed E-state index contributed by atoms with van der Waals surface area (Å²) in [5, 5.41) is 7.56. The number of amides is 1. The second-order valence-electron chi connectivity index (χ2n) is 5.51. The van der Waals surface area contributed by atoms with Crippen molar-refractivity contribution in [1.29, 1.82) is 0 Å². The summed E-state index contributed by atoms with van der Waals surface area (Å²) in [5.41, 5.74) is 1.49. The molecule has 3 rings (SSSR count). The van der Waals surface area contributed by atoms with Gasteiger partial charge in [0.05, 0.1) is 0 Å². The van der Waals surface area contributed by atoms with Crippen molar-refractivity contribution >= 4 is 34.0 Å². The van der Waals surface area contributed by atoms with Crippen LogP contribution in [-0.4, -0.2) is 24.0 Å². The molecule has 1 fully saturated rings. The van der Waals surface area contributed by atoms with Crippen LogP contribution >= 0.6 is 22.9 Å². The first-order valence-electron chi connectivity index (χ1n) is 7.37. The van der Waals surface area contributed by atoms with Gasteiger partial charge in [-0.15, -0.1) is 11.3 Å². The monoisotopic (exact) mass is 335 g/mol. The number of nitrogens with zero attached hydrogens (tertiary/aromatic N) is 1. The molecule has 22 heavy (non-hydrogen) atoms. The zero-order chi connectivity index (χ0) is 15.5. The van der Waals surface area contributed by atoms with Crippen molar-refractivity contribution < 1.29 is 4.79 Å². The van der Waals surface area contributed by atoms with Crippen LogP contribution in [0.2, 0.25) is 5.02 Å². The summed E-state index contributed by atoms with van der Waals surface area (Å²) >= 11 is 7.56. The molecular formula is C16H18ClN3OS. The van der Waals surface area contributed by atoms with E-state index in [4.69, 9.17) is 11.6 Å². The first-order valence-corrected chi connectivity index (χ1v) is 8.57. The summed E-state index contributed by atoms with van der Waals surface area (Å²) in [4.78, 5) is 17.9. The minimum Gasteiger partial charge on any atom is -0.317 e. The predicted molar refractivity (Wildman–Crippen MR) is 91.1 cm³/mol. The van der Waals surface area contributed by atoms with E-state index >= 15 is 0 Å². The maximum atomic E-state index is 12.3. The molecule has 1 aliphatic heterocycles. The number of benzene rings is 1. The van der Waals surface area contributed by atoms with E-state index in [0.29, 0.717) is 21.6 Å². The molecule has 0 unspecified atom stereocenters. The van der Waals surface area contributed by atoms with E-state index in [-0.39, 0.29) is 5.91 Å². The van der Waals surface area contributed by atoms with Gasteiger partial charge < -0.3 is 5.32 Å². The highest BCUT2D eigenvalue weighted by Gasteiger charge is 2.18. The molecule has 0 aliphatic carbocycles. The van der Waals surface area contributed by atoms with E-state index in [2.05, 4.69) is 15.6 Å². The number of aromatic nitrogens is 1. The number of hydrogen-bond acceptors (Lipinski definition) is 4. The fourth-order valence-corrected chi connectivity index (χ4v) is 3.69. The van der Waals surface area contributed by atoms with E-state index in [1.165, 1.54) is 4.88 Å². The Bertz CT molecular complexity index is 680. The van der Waals surface area contributed by atoms with Gasteiger partial charge in [-0.1, -0.05) is 11.6 Å². The van der Waals surface area contributed by atoms with Crippen molar-refractivity contribution in [2.24, 2.45) is 0 Å². The quantitative estimate of drug-likeness (QED) is 0.896. The van der Waals surface area contributed by atoms with Gasteiger partial charge in [-0.05, 0) is 62.5 Å². The molecule has 116 valence electrons. The lowest BCUT2D eigenvalue weighted by atomic mass is 9.97. The number of carbonyl (C=O) groups is 1. The highest BCUT2D eigenvalue weighted by atomic mass is 35.5. The topological polar surface area (TPSA) is 54.0 Å². The molecule has 1 aliphatic rings. The zero-order valence-electron chi connectivity index (χ0n) is 12.4. The SMILES string of the molecule is Cc1cc(C(=O)Nc2ncc(C3CCNCC3)s2)ccc1Cl. The predicted octanol–water partition coefficient (Wildman–Crippen LogP) is 3.82. The largest absolute Gasteiger partial charge is 0.317 e. The van der Waals surface area contributed by atoms with Gasteiger partial charge in [0.15, 0.2) is 5.13 Å². The van der Waals surface area contributed by atoms with Gasteiger partial charge >= 0.3 is 0 Å². The lowest BCUT2D eigenvalue weighted by Crippen LogP contribution is -2.26. The maximum Gasteiger partial charge on any atom is 0.257 e. The van der Waals surface area contributed by atoms with E-state index < -0.39 is 0 Å². The first-order chi connectivity index (χ1) is 10.6. The third-order valence-corrected chi connectivity index (χ3v) is 5.41. The van der Waals surface area contributed by atoms with Crippen molar-refractivity contribution in [3.63, 3.8) is 0 Å². The fraction of sp³-hybridized carbons (Fsp3) is 0.375. The molecular weight excluding hydrogens is 318 g/mol. The Labute approximate surface area is 138 Å². The average Bonchev–Trinajstić information content (AvgIpc) is 2.99. The number of aryl methyl sites for hydroxylation is 1. The summed E-state index contributed by atoms with van der Waals surface area (Å²) in [7, 11) is 0. The fourth-order valence-electron chi connectivity index (χ4n) is 2.59. The van der Waals surface area contributed by atoms with Crippen molar-refractivity contribution in [1.82, 2.24) is 10.3 Å². The molecule has 2 heterocycles. The number of piperidine rings is 1. The normalized spacial score (nSPS) is 15.7. The Morgan fingerprint density at radius 1 is 1.41 bits per heavy atom. The van der Waals surface area contributed by atoms with Crippen molar-refractivity contribution in [2.75, 3.05) is 18.4 Å². The minimum absolute atomic E-state index is 0.147. The number of rotatable bonds is 3. The molecule has 1 saturated heterocycles. The molecule has 2 aromatic rings. The summed E-state index contributed by atoms with van der Waals surface area (Å²) < 4.78 is 0. The Morgan fingerprint density at radius 2 is 2.18 bits per heavy atom. The highest BCUT2D eigenvalue weighted by molar-refractivity contribution is 7.15. The van der Waals surface area contributed by atoms with Gasteiger partial charge in [0.25, 0.3) is 5.91 Å². The number of anilines is 1. The Morgan fingerprint density at radius 3 is 2.91 bits per heavy atom. The average molecular weight is 336 g/mol. The molecule has 1 aromatic heterocycles. The van der Waals surface area contributed by atoms with Crippen LogP contribution in [0.4, 0.5) is 5.13 Å².